The number of hydrogen-bond donors (Lipinski definition) is 3. The zero-order valence-electron chi connectivity index (χ0n) is 13.4. The molecule has 7 heteroatoms. The average molecular weight is 325 g/mol. The quantitative estimate of drug-likeness (QED) is 0.686. The highest BCUT2D eigenvalue weighted by atomic mass is 16.5. The van der Waals surface area contributed by atoms with E-state index in [9.17, 15) is 4.79 Å². The van der Waals surface area contributed by atoms with Gasteiger partial charge in [-0.3, -0.25) is 14.9 Å². The van der Waals surface area contributed by atoms with Crippen LogP contribution in [0.15, 0.2) is 35.3 Å². The summed E-state index contributed by atoms with van der Waals surface area (Å²) in [5, 5.41) is 10.4. The van der Waals surface area contributed by atoms with Crippen LogP contribution in [-0.4, -0.2) is 32.8 Å². The van der Waals surface area contributed by atoms with Gasteiger partial charge in [-0.05, 0) is 25.3 Å². The Morgan fingerprint density at radius 3 is 2.96 bits per heavy atom. The van der Waals surface area contributed by atoms with Crippen LogP contribution in [0, 0.1) is 6.92 Å². The first-order valence-corrected chi connectivity index (χ1v) is 8.09. The van der Waals surface area contributed by atoms with Gasteiger partial charge in [0, 0.05) is 6.61 Å². The maximum absolute atomic E-state index is 12.1. The van der Waals surface area contributed by atoms with Gasteiger partial charge in [-0.25, -0.2) is 0 Å². The first-order chi connectivity index (χ1) is 11.7. The molecule has 0 bridgehead atoms. The van der Waals surface area contributed by atoms with Gasteiger partial charge in [0.1, 0.15) is 11.5 Å². The Balaban J connectivity index is 1.62. The molecule has 0 aliphatic carbocycles. The first-order valence-electron chi connectivity index (χ1n) is 8.09. The van der Waals surface area contributed by atoms with Crippen LogP contribution in [0.5, 0.6) is 0 Å². The summed E-state index contributed by atoms with van der Waals surface area (Å²) in [5.41, 5.74) is 2.61. The predicted octanol–water partition coefficient (Wildman–Crippen LogP) is 2.29. The molecule has 24 heavy (non-hydrogen) atoms. The summed E-state index contributed by atoms with van der Waals surface area (Å²) in [7, 11) is 0. The van der Waals surface area contributed by atoms with Crippen molar-refractivity contribution in [3.05, 3.63) is 51.9 Å². The lowest BCUT2D eigenvalue weighted by Crippen LogP contribution is -2.34. The summed E-state index contributed by atoms with van der Waals surface area (Å²) in [4.78, 5) is 19.2. The van der Waals surface area contributed by atoms with Crippen LogP contribution < -0.4 is 10.9 Å². The molecule has 1 fully saturated rings. The molecule has 0 amide bonds. The number of aryl methyl sites for hydroxylation is 1. The van der Waals surface area contributed by atoms with E-state index in [1.807, 2.05) is 0 Å². The fourth-order valence-electron chi connectivity index (χ4n) is 3.10. The predicted molar refractivity (Wildman–Crippen MR) is 91.0 cm³/mol. The highest BCUT2D eigenvalue weighted by molar-refractivity contribution is 5.73. The van der Waals surface area contributed by atoms with E-state index in [2.05, 4.69) is 56.7 Å². The Morgan fingerprint density at radius 2 is 2.12 bits per heavy atom. The monoisotopic (exact) mass is 325 g/mol. The topological polar surface area (TPSA) is 95.7 Å². The number of anilines is 1. The van der Waals surface area contributed by atoms with Crippen LogP contribution in [0.4, 0.5) is 5.95 Å². The van der Waals surface area contributed by atoms with Gasteiger partial charge in [-0.2, -0.15) is 10.1 Å². The number of aromatic amines is 2. The van der Waals surface area contributed by atoms with Gasteiger partial charge in [-0.1, -0.05) is 29.8 Å². The van der Waals surface area contributed by atoms with Crippen molar-refractivity contribution in [1.29, 1.82) is 0 Å². The number of nitrogens with one attached hydrogen (secondary N) is 3. The van der Waals surface area contributed by atoms with Crippen molar-refractivity contribution in [2.75, 3.05) is 11.9 Å². The maximum atomic E-state index is 12.1. The third-order valence-electron chi connectivity index (χ3n) is 4.37. The minimum absolute atomic E-state index is 0.0463. The molecule has 1 aliphatic rings. The van der Waals surface area contributed by atoms with Crippen LogP contribution in [0.3, 0.4) is 0 Å². The lowest BCUT2D eigenvalue weighted by Gasteiger charge is -2.32. The summed E-state index contributed by atoms with van der Waals surface area (Å²) in [6.07, 6.45) is 3.32. The van der Waals surface area contributed by atoms with Gasteiger partial charge in [0.15, 0.2) is 5.65 Å². The SMILES string of the molecule is Cc1ccc([C@@H]2OCCC[C@@H]2Nc2nc3[nH]ncc3c(=O)[nH]2)cc1. The average Bonchev–Trinajstić information content (AvgIpc) is 3.05. The smallest absolute Gasteiger partial charge is 0.263 e. The van der Waals surface area contributed by atoms with Gasteiger partial charge in [0.2, 0.25) is 5.95 Å². The number of rotatable bonds is 3. The number of H-pyrrole nitrogens is 2. The number of aromatic nitrogens is 4. The number of nitrogens with zero attached hydrogens (tertiary/aromatic N) is 2. The van der Waals surface area contributed by atoms with E-state index in [1.165, 1.54) is 11.8 Å². The molecule has 1 saturated heterocycles. The summed E-state index contributed by atoms with van der Waals surface area (Å²) < 4.78 is 5.99. The minimum Gasteiger partial charge on any atom is -0.371 e. The Morgan fingerprint density at radius 1 is 1.29 bits per heavy atom. The summed E-state index contributed by atoms with van der Waals surface area (Å²) in [6.45, 7) is 2.80. The summed E-state index contributed by atoms with van der Waals surface area (Å²) in [6, 6.07) is 8.40. The minimum atomic E-state index is -0.208. The largest absolute Gasteiger partial charge is 0.371 e. The fraction of sp³-hybridized carbons (Fsp3) is 0.353. The molecule has 2 aromatic heterocycles. The van der Waals surface area contributed by atoms with Crippen molar-refractivity contribution in [3.8, 4) is 0 Å². The molecule has 2 atom stereocenters. The van der Waals surface area contributed by atoms with Crippen molar-refractivity contribution < 1.29 is 4.74 Å². The molecular formula is C17H19N5O2. The van der Waals surface area contributed by atoms with E-state index in [0.717, 1.165) is 25.0 Å². The molecule has 1 aliphatic heterocycles. The second-order valence-electron chi connectivity index (χ2n) is 6.14. The van der Waals surface area contributed by atoms with E-state index in [1.54, 1.807) is 0 Å². The Labute approximate surface area is 138 Å². The standard InChI is InChI=1S/C17H19N5O2/c1-10-4-6-11(7-5-10)14-13(3-2-8-24-14)19-17-20-15-12(9-18-22-15)16(23)21-17/h4-7,9,13-14H,2-3,8H2,1H3,(H3,18,19,20,21,22,23)/t13-,14-/m0/s1. The van der Waals surface area contributed by atoms with Gasteiger partial charge in [-0.15, -0.1) is 0 Å². The van der Waals surface area contributed by atoms with Crippen LogP contribution in [-0.2, 0) is 4.74 Å². The lowest BCUT2D eigenvalue weighted by atomic mass is 9.95. The Hall–Kier alpha value is -2.67. The van der Waals surface area contributed by atoms with Crippen LogP contribution in [0.2, 0.25) is 0 Å². The highest BCUT2D eigenvalue weighted by Crippen LogP contribution is 2.30. The molecule has 4 rings (SSSR count). The zero-order valence-corrected chi connectivity index (χ0v) is 13.4. The normalized spacial score (nSPS) is 21.0. The molecule has 0 radical (unpaired) electrons. The number of hydrogen-bond acceptors (Lipinski definition) is 5. The van der Waals surface area contributed by atoms with E-state index in [4.69, 9.17) is 4.74 Å². The van der Waals surface area contributed by atoms with Crippen LogP contribution in [0.1, 0.15) is 30.1 Å². The highest BCUT2D eigenvalue weighted by Gasteiger charge is 2.28. The molecule has 0 unspecified atom stereocenters. The van der Waals surface area contributed by atoms with Gasteiger partial charge >= 0.3 is 0 Å². The first kappa shape index (κ1) is 14.9. The number of benzene rings is 1. The molecule has 124 valence electrons. The second-order valence-corrected chi connectivity index (χ2v) is 6.14. The van der Waals surface area contributed by atoms with Crippen molar-refractivity contribution in [1.82, 2.24) is 20.2 Å². The van der Waals surface area contributed by atoms with E-state index >= 15 is 0 Å². The molecule has 3 aromatic rings. The Kier molecular flexibility index (Phi) is 3.78. The Bertz CT molecular complexity index is 899. The number of fused-ring (bicyclic) bond motifs is 1. The molecular weight excluding hydrogens is 306 g/mol. The van der Waals surface area contributed by atoms with Gasteiger partial charge in [0.25, 0.3) is 5.56 Å². The van der Waals surface area contributed by atoms with Gasteiger partial charge < -0.3 is 10.1 Å². The third-order valence-corrected chi connectivity index (χ3v) is 4.37. The van der Waals surface area contributed by atoms with Crippen molar-refractivity contribution >= 4 is 17.0 Å². The van der Waals surface area contributed by atoms with Gasteiger partial charge in [0.05, 0.1) is 12.2 Å². The van der Waals surface area contributed by atoms with E-state index in [-0.39, 0.29) is 17.7 Å². The fourth-order valence-corrected chi connectivity index (χ4v) is 3.10. The molecule has 1 aromatic carbocycles. The number of ether oxygens (including phenoxy) is 1. The van der Waals surface area contributed by atoms with Crippen molar-refractivity contribution in [3.63, 3.8) is 0 Å². The van der Waals surface area contributed by atoms with Crippen LogP contribution in [0.25, 0.3) is 11.0 Å². The van der Waals surface area contributed by atoms with Crippen LogP contribution >= 0.6 is 0 Å². The summed E-state index contributed by atoms with van der Waals surface area (Å²) >= 11 is 0. The van der Waals surface area contributed by atoms with E-state index < -0.39 is 0 Å². The maximum Gasteiger partial charge on any atom is 0.263 e. The van der Waals surface area contributed by atoms with Crippen molar-refractivity contribution in [2.24, 2.45) is 0 Å². The second kappa shape index (κ2) is 6.09. The molecule has 0 spiro atoms. The summed E-state index contributed by atoms with van der Waals surface area (Å²) in [5.74, 6) is 0.435. The van der Waals surface area contributed by atoms with Crippen molar-refractivity contribution in [2.45, 2.75) is 31.9 Å². The molecule has 0 saturated carbocycles. The lowest BCUT2D eigenvalue weighted by molar-refractivity contribution is 0.00545. The molecule has 3 heterocycles. The molecule has 3 N–H and O–H groups in total. The molecule has 7 nitrogen and oxygen atoms in total. The van der Waals surface area contributed by atoms with E-state index in [0.29, 0.717) is 17.0 Å². The third kappa shape index (κ3) is 2.78. The zero-order chi connectivity index (χ0) is 16.5.